The van der Waals surface area contributed by atoms with Crippen LogP contribution in [0.4, 0.5) is 0 Å². The van der Waals surface area contributed by atoms with E-state index in [9.17, 15) is 9.90 Å². The van der Waals surface area contributed by atoms with Crippen LogP contribution < -0.4 is 21.9 Å². The normalized spacial score (nSPS) is 11.3. The average molecular weight is 211 g/mol. The standard InChI is InChI=1S/C8H2B6O3/c9-2-1(8(13,14)7(16)17)3(10)5(12)6(15)4(2)11/h15H,(H,16,17). The molecule has 0 amide bonds. The van der Waals surface area contributed by atoms with Crippen molar-refractivity contribution < 1.29 is 15.0 Å². The fourth-order valence-corrected chi connectivity index (χ4v) is 1.37. The largest absolute Gasteiger partial charge is 0.509 e. The molecule has 3 nitrogen and oxygen atoms in total. The number of carbonyl (C=O) groups is 1. The van der Waals surface area contributed by atoms with Crippen molar-refractivity contribution in [1.29, 1.82) is 0 Å². The number of carboxylic acids is 1. The van der Waals surface area contributed by atoms with E-state index in [1.165, 1.54) is 0 Å². The molecule has 1 aromatic rings. The van der Waals surface area contributed by atoms with Crippen molar-refractivity contribution in [3.8, 4) is 5.75 Å². The number of phenolic OH excluding ortho intramolecular Hbond substituents is 1. The van der Waals surface area contributed by atoms with E-state index >= 15 is 0 Å². The van der Waals surface area contributed by atoms with Gasteiger partial charge in [0.1, 0.15) is 31.4 Å². The van der Waals surface area contributed by atoms with Crippen molar-refractivity contribution in [2.24, 2.45) is 0 Å². The maximum absolute atomic E-state index is 10.9. The summed E-state index contributed by atoms with van der Waals surface area (Å²) in [5.41, 5.74) is -1.62. The third-order valence-electron chi connectivity index (χ3n) is 2.40. The van der Waals surface area contributed by atoms with Crippen LogP contribution >= 0.6 is 0 Å². The first-order chi connectivity index (χ1) is 7.62. The molecule has 0 fully saturated rings. The van der Waals surface area contributed by atoms with Crippen LogP contribution in [0.15, 0.2) is 0 Å². The first kappa shape index (κ1) is 13.9. The van der Waals surface area contributed by atoms with Crippen LogP contribution in [-0.4, -0.2) is 63.3 Å². The van der Waals surface area contributed by atoms with Crippen LogP contribution in [0, 0.1) is 0 Å². The van der Waals surface area contributed by atoms with E-state index in [-0.39, 0.29) is 27.4 Å². The van der Waals surface area contributed by atoms with Crippen LogP contribution in [0.1, 0.15) is 5.56 Å². The molecule has 0 heterocycles. The van der Waals surface area contributed by atoms with Crippen molar-refractivity contribution in [3.05, 3.63) is 5.56 Å². The number of phenols is 1. The zero-order valence-corrected chi connectivity index (χ0v) is 8.77. The van der Waals surface area contributed by atoms with Gasteiger partial charge in [-0.25, -0.2) is 0 Å². The second kappa shape index (κ2) is 4.28. The van der Waals surface area contributed by atoms with Crippen LogP contribution in [0.3, 0.4) is 0 Å². The third kappa shape index (κ3) is 2.03. The van der Waals surface area contributed by atoms with E-state index in [1.807, 2.05) is 0 Å². The van der Waals surface area contributed by atoms with Crippen molar-refractivity contribution in [1.82, 2.24) is 0 Å². The summed E-state index contributed by atoms with van der Waals surface area (Å²) in [6, 6.07) is 0. The number of aliphatic carboxylic acids is 1. The Morgan fingerprint density at radius 3 is 1.59 bits per heavy atom. The van der Waals surface area contributed by atoms with Gasteiger partial charge in [-0.2, -0.15) is 0 Å². The van der Waals surface area contributed by atoms with Gasteiger partial charge < -0.3 is 10.2 Å². The fraction of sp³-hybridized carbons (Fsp3) is 0.125. The molecule has 0 unspecified atom stereocenters. The molecule has 0 spiro atoms. The zero-order valence-electron chi connectivity index (χ0n) is 8.77. The molecule has 0 aliphatic heterocycles. The van der Waals surface area contributed by atoms with Crippen molar-refractivity contribution in [2.45, 2.75) is 5.21 Å². The third-order valence-corrected chi connectivity index (χ3v) is 2.40. The van der Waals surface area contributed by atoms with Gasteiger partial charge in [-0.15, -0.1) is 0 Å². The van der Waals surface area contributed by atoms with Crippen molar-refractivity contribution in [3.63, 3.8) is 0 Å². The highest BCUT2D eigenvalue weighted by Gasteiger charge is 2.32. The Bertz CT molecular complexity index is 470. The van der Waals surface area contributed by atoms with Gasteiger partial charge in [-0.3, -0.25) is 4.79 Å². The maximum Gasteiger partial charge on any atom is 0.296 e. The number of rotatable bonds is 2. The number of hydrogen-bond acceptors (Lipinski definition) is 2. The Morgan fingerprint density at radius 2 is 1.29 bits per heavy atom. The summed E-state index contributed by atoms with van der Waals surface area (Å²) in [6.07, 6.45) is 0. The summed E-state index contributed by atoms with van der Waals surface area (Å²) < 4.78 is 0. The number of hydrogen-bond donors (Lipinski definition) is 2. The highest BCUT2D eigenvalue weighted by Crippen LogP contribution is 2.13. The second-order valence-corrected chi connectivity index (χ2v) is 3.55. The molecule has 0 atom stereocenters. The lowest BCUT2D eigenvalue weighted by molar-refractivity contribution is -0.138. The van der Waals surface area contributed by atoms with Gasteiger partial charge in [0.2, 0.25) is 0 Å². The monoisotopic (exact) mass is 212 g/mol. The van der Waals surface area contributed by atoms with Gasteiger partial charge in [0.15, 0.2) is 0 Å². The Kier molecular flexibility index (Phi) is 3.51. The van der Waals surface area contributed by atoms with E-state index in [2.05, 4.69) is 0 Å². The summed E-state index contributed by atoms with van der Waals surface area (Å²) in [5.74, 6) is -2.11. The molecular weight excluding hydrogens is 209 g/mol. The smallest absolute Gasteiger partial charge is 0.296 e. The van der Waals surface area contributed by atoms with Crippen molar-refractivity contribution in [2.75, 3.05) is 0 Å². The molecule has 0 aliphatic carbocycles. The van der Waals surface area contributed by atoms with Gasteiger partial charge in [-0.1, -0.05) is 27.4 Å². The fourth-order valence-electron chi connectivity index (χ4n) is 1.37. The Morgan fingerprint density at radius 1 is 0.941 bits per heavy atom. The van der Waals surface area contributed by atoms with E-state index in [4.69, 9.17) is 52.2 Å². The quantitative estimate of drug-likeness (QED) is 0.482. The molecule has 12 radical (unpaired) electrons. The van der Waals surface area contributed by atoms with E-state index in [0.717, 1.165) is 0 Å². The lowest BCUT2D eigenvalue weighted by Gasteiger charge is -2.29. The molecular formula is C8H2B6O3. The van der Waals surface area contributed by atoms with E-state index in [0.29, 0.717) is 0 Å². The first-order valence-electron chi connectivity index (χ1n) is 4.38. The Hall–Kier alpha value is -1.12. The van der Waals surface area contributed by atoms with Gasteiger partial charge in [-0.05, 0) is 0 Å². The molecule has 0 aromatic heterocycles. The van der Waals surface area contributed by atoms with Gasteiger partial charge in [0.25, 0.3) is 5.97 Å². The Balaban J connectivity index is 3.72. The molecule has 2 N–H and O–H groups in total. The van der Waals surface area contributed by atoms with Crippen LogP contribution in [0.2, 0.25) is 0 Å². The predicted molar refractivity (Wildman–Crippen MR) is 70.5 cm³/mol. The molecule has 0 saturated carbocycles. The minimum absolute atomic E-state index is 0.318. The predicted octanol–water partition coefficient (Wildman–Crippen LogP) is -4.86. The highest BCUT2D eigenvalue weighted by atomic mass is 16.4. The molecule has 1 aromatic carbocycles. The summed E-state index contributed by atoms with van der Waals surface area (Å²) in [7, 11) is 32.7. The topological polar surface area (TPSA) is 57.5 Å². The zero-order chi connectivity index (χ0) is 13.5. The number of aromatic hydroxyl groups is 1. The van der Waals surface area contributed by atoms with Gasteiger partial charge >= 0.3 is 0 Å². The SMILES string of the molecule is [B]c1c([B])c(C([B])([B])C(=O)O)c([B])c([B])c1O. The lowest BCUT2D eigenvalue weighted by Crippen LogP contribution is -2.53. The molecule has 0 aliphatic rings. The molecule has 9 heteroatoms. The average Bonchev–Trinajstić information content (AvgIpc) is 2.23. The lowest BCUT2D eigenvalue weighted by atomic mass is 9.46. The highest BCUT2D eigenvalue weighted by molar-refractivity contribution is 6.62. The Labute approximate surface area is 107 Å². The van der Waals surface area contributed by atoms with Gasteiger partial charge in [0, 0.05) is 5.21 Å². The van der Waals surface area contributed by atoms with E-state index in [1.54, 1.807) is 0 Å². The second-order valence-electron chi connectivity index (χ2n) is 3.55. The van der Waals surface area contributed by atoms with Gasteiger partial charge in [0.05, 0.1) is 21.4 Å². The molecule has 17 heavy (non-hydrogen) atoms. The van der Waals surface area contributed by atoms with Crippen molar-refractivity contribution >= 4 is 74.9 Å². The minimum atomic E-state index is -2.36. The first-order valence-corrected chi connectivity index (χ1v) is 4.38. The summed E-state index contributed by atoms with van der Waals surface area (Å²) >= 11 is 0. The molecule has 0 saturated heterocycles. The van der Waals surface area contributed by atoms with Crippen LogP contribution in [0.25, 0.3) is 0 Å². The minimum Gasteiger partial charge on any atom is -0.509 e. The molecule has 1 rings (SSSR count). The summed E-state index contributed by atoms with van der Waals surface area (Å²) in [4.78, 5) is 10.9. The molecule has 70 valence electrons. The number of carboxylic acid groups (broad SMARTS) is 1. The summed E-state index contributed by atoms with van der Waals surface area (Å²) in [6.45, 7) is 0. The molecule has 0 bridgehead atoms. The number of benzene rings is 1. The van der Waals surface area contributed by atoms with Crippen LogP contribution in [0.5, 0.6) is 5.75 Å². The summed E-state index contributed by atoms with van der Waals surface area (Å²) in [5, 5.41) is 16.0. The maximum atomic E-state index is 10.9. The van der Waals surface area contributed by atoms with Crippen LogP contribution in [-0.2, 0) is 10.0 Å². The van der Waals surface area contributed by atoms with E-state index < -0.39 is 16.9 Å².